The van der Waals surface area contributed by atoms with Gasteiger partial charge in [0.15, 0.2) is 0 Å². The summed E-state index contributed by atoms with van der Waals surface area (Å²) in [7, 11) is -4.14. The summed E-state index contributed by atoms with van der Waals surface area (Å²) in [5.41, 5.74) is 0.362. The van der Waals surface area contributed by atoms with Crippen molar-refractivity contribution >= 4 is 44.0 Å². The lowest BCUT2D eigenvalue weighted by Gasteiger charge is -2.27. The van der Waals surface area contributed by atoms with Crippen LogP contribution in [0.5, 0.6) is 0 Å². The highest BCUT2D eigenvalue weighted by molar-refractivity contribution is 7.93. The molecule has 2 aromatic rings. The molecule has 0 saturated carbocycles. The third kappa shape index (κ3) is 5.74. The minimum Gasteiger partial charge on any atom is -0.384 e. The van der Waals surface area contributed by atoms with E-state index in [4.69, 9.17) is 11.6 Å². The highest BCUT2D eigenvalue weighted by Gasteiger charge is 2.22. The Morgan fingerprint density at radius 1 is 1.32 bits per heavy atom. The number of nitrogens with zero attached hydrogens (tertiary/aromatic N) is 2. The maximum absolute atomic E-state index is 14.4. The molecule has 1 atom stereocenters. The summed E-state index contributed by atoms with van der Waals surface area (Å²) in [6.07, 6.45) is 4.28. The highest BCUT2D eigenvalue weighted by atomic mass is 35.5. The van der Waals surface area contributed by atoms with E-state index in [2.05, 4.69) is 30.0 Å². The molecule has 12 heteroatoms. The number of rotatable bonds is 11. The normalized spacial score (nSPS) is 16.6. The van der Waals surface area contributed by atoms with Gasteiger partial charge in [-0.05, 0) is 44.5 Å². The molecule has 4 N–H and O–H groups in total. The Bertz CT molecular complexity index is 878. The number of nitrogens with one attached hydrogen (secondary N) is 4. The van der Waals surface area contributed by atoms with Crippen molar-refractivity contribution in [3.8, 4) is 0 Å². The highest BCUT2D eigenvalue weighted by Crippen LogP contribution is 2.29. The van der Waals surface area contributed by atoms with Gasteiger partial charge in [-0.2, -0.15) is 4.37 Å². The zero-order valence-corrected chi connectivity index (χ0v) is 17.4. The van der Waals surface area contributed by atoms with E-state index in [1.54, 1.807) is 0 Å². The van der Waals surface area contributed by atoms with Crippen molar-refractivity contribution in [2.75, 3.05) is 36.2 Å². The summed E-state index contributed by atoms with van der Waals surface area (Å²) >= 11 is 7.00. The van der Waals surface area contributed by atoms with E-state index in [0.717, 1.165) is 56.1 Å². The number of halogens is 2. The van der Waals surface area contributed by atoms with E-state index in [-0.39, 0.29) is 10.2 Å². The van der Waals surface area contributed by atoms with Crippen LogP contribution in [0.3, 0.4) is 0 Å². The molecule has 1 saturated heterocycles. The minimum absolute atomic E-state index is 0.0550. The van der Waals surface area contributed by atoms with Gasteiger partial charge in [0.2, 0.25) is 5.13 Å². The summed E-state index contributed by atoms with van der Waals surface area (Å²) in [4.78, 5) is 3.19. The summed E-state index contributed by atoms with van der Waals surface area (Å²) in [6.45, 7) is 3.60. The molecule has 154 valence electrons. The Labute approximate surface area is 172 Å². The lowest BCUT2D eigenvalue weighted by atomic mass is 10.1. The van der Waals surface area contributed by atoms with Gasteiger partial charge in [-0.1, -0.05) is 11.6 Å². The van der Waals surface area contributed by atoms with Gasteiger partial charge < -0.3 is 16.0 Å². The van der Waals surface area contributed by atoms with E-state index < -0.39 is 20.7 Å². The third-order valence-corrected chi connectivity index (χ3v) is 6.68. The largest absolute Gasteiger partial charge is 0.384 e. The first kappa shape index (κ1) is 21.2. The molecule has 8 nitrogen and oxygen atoms in total. The SMILES string of the molecule is O=S(=O)(Nc1ncns1)c1cc(Cl)c(NCCCCNC[C@H]2CCN2)cc1F. The summed E-state index contributed by atoms with van der Waals surface area (Å²) in [5, 5.41) is 9.96. The second-order valence-electron chi connectivity index (χ2n) is 6.39. The van der Waals surface area contributed by atoms with Crippen LogP contribution in [0.1, 0.15) is 19.3 Å². The molecule has 0 amide bonds. The first-order chi connectivity index (χ1) is 13.5. The van der Waals surface area contributed by atoms with Crippen LogP contribution in [-0.4, -0.2) is 50.0 Å². The van der Waals surface area contributed by atoms with Gasteiger partial charge in [0, 0.05) is 30.7 Å². The van der Waals surface area contributed by atoms with Crippen LogP contribution in [0.25, 0.3) is 0 Å². The lowest BCUT2D eigenvalue weighted by molar-refractivity contribution is 0.353. The van der Waals surface area contributed by atoms with E-state index >= 15 is 0 Å². The Kier molecular flexibility index (Phi) is 7.41. The fourth-order valence-corrected chi connectivity index (χ4v) is 4.70. The second-order valence-corrected chi connectivity index (χ2v) is 9.23. The summed E-state index contributed by atoms with van der Waals surface area (Å²) < 4.78 is 44.9. The standard InChI is InChI=1S/C16H22ClFN6O2S2/c17-12-7-15(28(25,26)24-16-22-10-23-27-16)13(18)8-14(12)21-5-2-1-4-19-9-11-3-6-20-11/h7-8,10-11,19-21H,1-6,9H2,(H,22,23,24)/t11-/m1/s1. The second kappa shape index (κ2) is 9.79. The Morgan fingerprint density at radius 3 is 2.79 bits per heavy atom. The zero-order valence-electron chi connectivity index (χ0n) is 15.0. The fourth-order valence-electron chi connectivity index (χ4n) is 2.66. The maximum Gasteiger partial charge on any atom is 0.266 e. The van der Waals surface area contributed by atoms with E-state index in [1.807, 2.05) is 0 Å². The first-order valence-electron chi connectivity index (χ1n) is 8.92. The fraction of sp³-hybridized carbons (Fsp3) is 0.500. The number of aromatic nitrogens is 2. The van der Waals surface area contributed by atoms with E-state index in [1.165, 1.54) is 12.7 Å². The molecule has 1 aliphatic heterocycles. The van der Waals surface area contributed by atoms with Gasteiger partial charge in [-0.25, -0.2) is 17.8 Å². The molecular weight excluding hydrogens is 427 g/mol. The van der Waals surface area contributed by atoms with Crippen molar-refractivity contribution in [1.82, 2.24) is 20.0 Å². The number of unbranched alkanes of at least 4 members (excludes halogenated alkanes) is 1. The van der Waals surface area contributed by atoms with Crippen LogP contribution >= 0.6 is 23.1 Å². The molecule has 1 aliphatic rings. The van der Waals surface area contributed by atoms with Crippen LogP contribution in [0.15, 0.2) is 23.4 Å². The number of hydrogen-bond donors (Lipinski definition) is 4. The number of hydrogen-bond acceptors (Lipinski definition) is 8. The lowest BCUT2D eigenvalue weighted by Crippen LogP contribution is -2.49. The molecule has 3 rings (SSSR count). The van der Waals surface area contributed by atoms with Crippen molar-refractivity contribution in [2.24, 2.45) is 0 Å². The van der Waals surface area contributed by atoms with Crippen LogP contribution in [-0.2, 0) is 10.0 Å². The van der Waals surface area contributed by atoms with Crippen molar-refractivity contribution in [2.45, 2.75) is 30.2 Å². The van der Waals surface area contributed by atoms with Crippen molar-refractivity contribution in [3.63, 3.8) is 0 Å². The van der Waals surface area contributed by atoms with Crippen LogP contribution in [0.4, 0.5) is 15.2 Å². The van der Waals surface area contributed by atoms with Gasteiger partial charge in [-0.15, -0.1) is 0 Å². The summed E-state index contributed by atoms with van der Waals surface area (Å²) in [5.74, 6) is -0.890. The van der Waals surface area contributed by atoms with Gasteiger partial charge >= 0.3 is 0 Å². The molecular formula is C16H22ClFN6O2S2. The average molecular weight is 449 g/mol. The average Bonchev–Trinajstić information content (AvgIpc) is 3.10. The van der Waals surface area contributed by atoms with Gasteiger partial charge in [0.05, 0.1) is 10.7 Å². The number of benzene rings is 1. The third-order valence-electron chi connectivity index (χ3n) is 4.31. The Hall–Kier alpha value is -1.53. The van der Waals surface area contributed by atoms with E-state index in [9.17, 15) is 12.8 Å². The molecule has 1 aromatic carbocycles. The molecule has 2 heterocycles. The number of anilines is 2. The van der Waals surface area contributed by atoms with Gasteiger partial charge in [0.1, 0.15) is 17.0 Å². The molecule has 0 unspecified atom stereocenters. The zero-order chi connectivity index (χ0) is 20.0. The molecule has 0 radical (unpaired) electrons. The molecule has 0 spiro atoms. The van der Waals surface area contributed by atoms with Crippen molar-refractivity contribution in [3.05, 3.63) is 29.3 Å². The smallest absolute Gasteiger partial charge is 0.266 e. The quantitative estimate of drug-likeness (QED) is 0.390. The van der Waals surface area contributed by atoms with Gasteiger partial charge in [-0.3, -0.25) is 4.72 Å². The van der Waals surface area contributed by atoms with Crippen molar-refractivity contribution < 1.29 is 12.8 Å². The van der Waals surface area contributed by atoms with Crippen molar-refractivity contribution in [1.29, 1.82) is 0 Å². The monoisotopic (exact) mass is 448 g/mol. The predicted molar refractivity (Wildman–Crippen MR) is 109 cm³/mol. The maximum atomic E-state index is 14.4. The van der Waals surface area contributed by atoms with E-state index in [0.29, 0.717) is 18.3 Å². The molecule has 1 fully saturated rings. The predicted octanol–water partition coefficient (Wildman–Crippen LogP) is 2.28. The molecule has 1 aromatic heterocycles. The number of sulfonamides is 1. The van der Waals surface area contributed by atoms with Crippen LogP contribution in [0, 0.1) is 5.82 Å². The van der Waals surface area contributed by atoms with Crippen LogP contribution in [0.2, 0.25) is 5.02 Å². The summed E-state index contributed by atoms with van der Waals surface area (Å²) in [6, 6.07) is 2.78. The Morgan fingerprint density at radius 2 is 2.11 bits per heavy atom. The van der Waals surface area contributed by atoms with Crippen LogP contribution < -0.4 is 20.7 Å². The van der Waals surface area contributed by atoms with Gasteiger partial charge in [0.25, 0.3) is 10.0 Å². The molecule has 0 aliphatic carbocycles. The first-order valence-corrected chi connectivity index (χ1v) is 11.6. The topological polar surface area (TPSA) is 108 Å². The minimum atomic E-state index is -4.14. The molecule has 0 bridgehead atoms. The molecule has 28 heavy (non-hydrogen) atoms. The Balaban J connectivity index is 1.48.